The highest BCUT2D eigenvalue weighted by Crippen LogP contribution is 2.15. The molecule has 1 amide bonds. The summed E-state index contributed by atoms with van der Waals surface area (Å²) in [5.74, 6) is -0.103. The second-order valence-corrected chi connectivity index (χ2v) is 5.85. The second kappa shape index (κ2) is 7.57. The molecule has 1 heterocycles. The first-order chi connectivity index (χ1) is 12.5. The van der Waals surface area contributed by atoms with Gasteiger partial charge in [-0.25, -0.2) is 9.97 Å². The number of hydrogen-bond donors (Lipinski definition) is 2. The summed E-state index contributed by atoms with van der Waals surface area (Å²) in [5, 5.41) is 5.83. The minimum Gasteiger partial charge on any atom is -0.324 e. The van der Waals surface area contributed by atoms with Crippen molar-refractivity contribution >= 4 is 29.0 Å². The fourth-order valence-electron chi connectivity index (χ4n) is 2.41. The monoisotopic (exact) mass is 346 g/mol. The van der Waals surface area contributed by atoms with Crippen LogP contribution < -0.4 is 10.6 Å². The Kier molecular flexibility index (Phi) is 5.03. The molecule has 1 aromatic heterocycles. The molecule has 2 N–H and O–H groups in total. The molecule has 130 valence electrons. The average Bonchev–Trinajstić information content (AvgIpc) is 2.62. The van der Waals surface area contributed by atoms with Crippen LogP contribution in [0.3, 0.4) is 0 Å². The summed E-state index contributed by atoms with van der Waals surface area (Å²) in [7, 11) is 0. The van der Waals surface area contributed by atoms with Gasteiger partial charge < -0.3 is 10.6 Å². The standard InChI is InChI=1S/C20H18N4O2/c1-13-5-3-7-16(11-13)23-20-21-10-9-18(24-20)19(26)22-17-8-4-6-15(12-17)14(2)25/h3-12H,1-2H3,(H,22,26)(H,21,23,24). The third kappa shape index (κ3) is 4.30. The molecule has 0 aliphatic rings. The van der Waals surface area contributed by atoms with E-state index < -0.39 is 0 Å². The zero-order valence-corrected chi connectivity index (χ0v) is 14.5. The maximum Gasteiger partial charge on any atom is 0.274 e. The molecule has 0 saturated carbocycles. The van der Waals surface area contributed by atoms with E-state index in [0.29, 0.717) is 17.2 Å². The van der Waals surface area contributed by atoms with Crippen molar-refractivity contribution < 1.29 is 9.59 Å². The number of amides is 1. The maximum absolute atomic E-state index is 12.4. The van der Waals surface area contributed by atoms with Crippen molar-refractivity contribution in [2.75, 3.05) is 10.6 Å². The fourth-order valence-corrected chi connectivity index (χ4v) is 2.41. The number of nitrogens with one attached hydrogen (secondary N) is 2. The quantitative estimate of drug-likeness (QED) is 0.683. The zero-order valence-electron chi connectivity index (χ0n) is 14.5. The Morgan fingerprint density at radius 2 is 1.73 bits per heavy atom. The Labute approximate surface area is 151 Å². The van der Waals surface area contributed by atoms with Crippen molar-refractivity contribution in [3.05, 3.63) is 77.6 Å². The van der Waals surface area contributed by atoms with E-state index in [-0.39, 0.29) is 17.4 Å². The van der Waals surface area contributed by atoms with E-state index in [9.17, 15) is 9.59 Å². The van der Waals surface area contributed by atoms with Crippen LogP contribution in [0.15, 0.2) is 60.8 Å². The highest BCUT2D eigenvalue weighted by molar-refractivity contribution is 6.04. The first-order valence-electron chi connectivity index (χ1n) is 8.10. The fraction of sp³-hybridized carbons (Fsp3) is 0.100. The van der Waals surface area contributed by atoms with Crippen LogP contribution >= 0.6 is 0 Å². The SMILES string of the molecule is CC(=O)c1cccc(NC(=O)c2ccnc(Nc3cccc(C)c3)n2)c1. The van der Waals surface area contributed by atoms with Gasteiger partial charge in [-0.15, -0.1) is 0 Å². The lowest BCUT2D eigenvalue weighted by Gasteiger charge is -2.08. The third-order valence-electron chi connectivity index (χ3n) is 3.69. The molecule has 0 radical (unpaired) electrons. The highest BCUT2D eigenvalue weighted by atomic mass is 16.2. The Hall–Kier alpha value is -3.54. The molecule has 3 rings (SSSR count). The van der Waals surface area contributed by atoms with E-state index in [1.807, 2.05) is 31.2 Å². The van der Waals surface area contributed by atoms with Crippen LogP contribution in [0.4, 0.5) is 17.3 Å². The smallest absolute Gasteiger partial charge is 0.274 e. The van der Waals surface area contributed by atoms with Gasteiger partial charge in [0.05, 0.1) is 0 Å². The van der Waals surface area contributed by atoms with Gasteiger partial charge in [-0.1, -0.05) is 24.3 Å². The van der Waals surface area contributed by atoms with Gasteiger partial charge in [0.25, 0.3) is 5.91 Å². The van der Waals surface area contributed by atoms with E-state index in [2.05, 4.69) is 20.6 Å². The predicted octanol–water partition coefficient (Wildman–Crippen LogP) is 3.98. The number of anilines is 3. The van der Waals surface area contributed by atoms with Crippen molar-refractivity contribution in [3.63, 3.8) is 0 Å². The summed E-state index contributed by atoms with van der Waals surface area (Å²) >= 11 is 0. The molecule has 0 bridgehead atoms. The molecule has 0 aliphatic heterocycles. The van der Waals surface area contributed by atoms with Crippen molar-refractivity contribution in [3.8, 4) is 0 Å². The number of Topliss-reactive ketones (excluding diaryl/α,β-unsaturated/α-hetero) is 1. The lowest BCUT2D eigenvalue weighted by Crippen LogP contribution is -2.15. The lowest BCUT2D eigenvalue weighted by atomic mass is 10.1. The summed E-state index contributed by atoms with van der Waals surface area (Å²) in [6, 6.07) is 16.1. The topological polar surface area (TPSA) is 84.0 Å². The summed E-state index contributed by atoms with van der Waals surface area (Å²) in [5.41, 5.74) is 3.25. The molecule has 26 heavy (non-hydrogen) atoms. The highest BCUT2D eigenvalue weighted by Gasteiger charge is 2.10. The van der Waals surface area contributed by atoms with E-state index in [1.165, 1.54) is 19.2 Å². The van der Waals surface area contributed by atoms with Gasteiger partial charge >= 0.3 is 0 Å². The minimum atomic E-state index is -0.375. The molecule has 2 aromatic carbocycles. The maximum atomic E-state index is 12.4. The number of carbonyl (C=O) groups excluding carboxylic acids is 2. The summed E-state index contributed by atoms with van der Waals surface area (Å²) < 4.78 is 0. The number of hydrogen-bond acceptors (Lipinski definition) is 5. The molecule has 3 aromatic rings. The van der Waals surface area contributed by atoms with Gasteiger partial charge in [-0.3, -0.25) is 9.59 Å². The van der Waals surface area contributed by atoms with Crippen LogP contribution in [0.2, 0.25) is 0 Å². The molecular formula is C20H18N4O2. The van der Waals surface area contributed by atoms with Crippen LogP contribution in [0, 0.1) is 6.92 Å². The summed E-state index contributed by atoms with van der Waals surface area (Å²) in [6.45, 7) is 3.47. The number of aromatic nitrogens is 2. The second-order valence-electron chi connectivity index (χ2n) is 5.85. The van der Waals surface area contributed by atoms with E-state index in [4.69, 9.17) is 0 Å². The van der Waals surface area contributed by atoms with E-state index >= 15 is 0 Å². The molecule has 0 aliphatic carbocycles. The molecular weight excluding hydrogens is 328 g/mol. The van der Waals surface area contributed by atoms with Gasteiger partial charge in [0.1, 0.15) is 5.69 Å². The number of nitrogens with zero attached hydrogens (tertiary/aromatic N) is 2. The number of benzene rings is 2. The molecule has 0 fully saturated rings. The Morgan fingerprint density at radius 1 is 0.962 bits per heavy atom. The molecule has 6 nitrogen and oxygen atoms in total. The van der Waals surface area contributed by atoms with Crippen molar-refractivity contribution in [2.24, 2.45) is 0 Å². The first-order valence-corrected chi connectivity index (χ1v) is 8.10. The Bertz CT molecular complexity index is 969. The lowest BCUT2D eigenvalue weighted by molar-refractivity contribution is 0.100. The minimum absolute atomic E-state index is 0.0622. The predicted molar refractivity (Wildman–Crippen MR) is 101 cm³/mol. The number of aryl methyl sites for hydroxylation is 1. The van der Waals surface area contributed by atoms with Gasteiger partial charge in [-0.2, -0.15) is 0 Å². The molecule has 6 heteroatoms. The molecule has 0 saturated heterocycles. The van der Waals surface area contributed by atoms with Crippen LogP contribution in [0.25, 0.3) is 0 Å². The molecule has 0 atom stereocenters. The van der Waals surface area contributed by atoms with Gasteiger partial charge in [0, 0.05) is 23.1 Å². The number of rotatable bonds is 5. The summed E-state index contributed by atoms with van der Waals surface area (Å²) in [4.78, 5) is 32.3. The Morgan fingerprint density at radius 3 is 2.50 bits per heavy atom. The van der Waals surface area contributed by atoms with Gasteiger partial charge in [0.2, 0.25) is 5.95 Å². The van der Waals surface area contributed by atoms with Crippen molar-refractivity contribution in [1.82, 2.24) is 9.97 Å². The van der Waals surface area contributed by atoms with Crippen LogP contribution in [-0.4, -0.2) is 21.7 Å². The zero-order chi connectivity index (χ0) is 18.5. The number of carbonyl (C=O) groups is 2. The third-order valence-corrected chi connectivity index (χ3v) is 3.69. The summed E-state index contributed by atoms with van der Waals surface area (Å²) in [6.07, 6.45) is 1.52. The van der Waals surface area contributed by atoms with Crippen LogP contribution in [0.5, 0.6) is 0 Å². The van der Waals surface area contributed by atoms with Gasteiger partial charge in [0.15, 0.2) is 5.78 Å². The Balaban J connectivity index is 1.76. The van der Waals surface area contributed by atoms with Crippen LogP contribution in [0.1, 0.15) is 33.3 Å². The molecule has 0 unspecified atom stereocenters. The van der Waals surface area contributed by atoms with Crippen molar-refractivity contribution in [2.45, 2.75) is 13.8 Å². The number of ketones is 1. The average molecular weight is 346 g/mol. The molecule has 0 spiro atoms. The van der Waals surface area contributed by atoms with E-state index in [0.717, 1.165) is 11.3 Å². The first kappa shape index (κ1) is 17.3. The van der Waals surface area contributed by atoms with Crippen molar-refractivity contribution in [1.29, 1.82) is 0 Å². The largest absolute Gasteiger partial charge is 0.324 e. The van der Waals surface area contributed by atoms with E-state index in [1.54, 1.807) is 24.3 Å². The normalized spacial score (nSPS) is 10.2. The van der Waals surface area contributed by atoms with Gasteiger partial charge in [-0.05, 0) is 49.7 Å². The van der Waals surface area contributed by atoms with Crippen LogP contribution in [-0.2, 0) is 0 Å².